The highest BCUT2D eigenvalue weighted by molar-refractivity contribution is 7.51. The summed E-state index contributed by atoms with van der Waals surface area (Å²) in [6.45, 7) is -1.77. The number of aliphatic hydroxyl groups excluding tert-OH is 2. The lowest BCUT2D eigenvalue weighted by molar-refractivity contribution is -0.121. The maximum Gasteiger partial charge on any atom is 0.474 e. The quantitative estimate of drug-likeness (QED) is 0.0496. The second-order valence-electron chi connectivity index (χ2n) is 7.17. The Hall–Kier alpha value is -0.770. The van der Waals surface area contributed by atoms with Crippen molar-refractivity contribution >= 4 is 35.1 Å². The van der Waals surface area contributed by atoms with Crippen molar-refractivity contribution < 1.29 is 70.8 Å². The molecule has 0 bridgehead atoms. The van der Waals surface area contributed by atoms with Gasteiger partial charge >= 0.3 is 23.2 Å². The summed E-state index contributed by atoms with van der Waals surface area (Å²) in [5.41, 5.74) is 0. The lowest BCUT2D eigenvalue weighted by Crippen LogP contribution is -2.41. The van der Waals surface area contributed by atoms with E-state index in [2.05, 4.69) is 28.7 Å². The van der Waals surface area contributed by atoms with Gasteiger partial charge < -0.3 is 40.1 Å². The van der Waals surface area contributed by atoms with Crippen molar-refractivity contribution in [1.29, 1.82) is 0 Å². The number of carbonyl (C=O) groups is 2. The third-order valence-electron chi connectivity index (χ3n) is 3.95. The molecule has 0 aromatic heterocycles. The highest BCUT2D eigenvalue weighted by Crippen LogP contribution is 2.43. The average Bonchev–Trinajstić information content (AvgIpc) is 2.74. The van der Waals surface area contributed by atoms with Crippen LogP contribution in [-0.2, 0) is 45.9 Å². The van der Waals surface area contributed by atoms with Crippen LogP contribution in [0.4, 0.5) is 0 Å². The Balaban J connectivity index is 4.28. The van der Waals surface area contributed by atoms with E-state index in [0.717, 1.165) is 6.66 Å². The van der Waals surface area contributed by atoms with Crippen LogP contribution < -0.4 is 10.6 Å². The third kappa shape index (κ3) is 21.3. The molecule has 0 rings (SSSR count). The van der Waals surface area contributed by atoms with E-state index in [9.17, 15) is 28.2 Å². The predicted octanol–water partition coefficient (Wildman–Crippen LogP) is -0.0734. The molecule has 0 aliphatic rings. The van der Waals surface area contributed by atoms with Crippen molar-refractivity contribution in [2.75, 3.05) is 46.6 Å². The molecule has 0 aromatic carbocycles. The van der Waals surface area contributed by atoms with Crippen molar-refractivity contribution in [2.45, 2.75) is 44.6 Å². The summed E-state index contributed by atoms with van der Waals surface area (Å²) >= 11 is 0. The van der Waals surface area contributed by atoms with Gasteiger partial charge in [0.2, 0.25) is 11.8 Å². The summed E-state index contributed by atoms with van der Waals surface area (Å²) in [5.74, 6) is -0.882. The van der Waals surface area contributed by atoms with Gasteiger partial charge in [-0.05, 0) is 25.7 Å². The van der Waals surface area contributed by atoms with E-state index in [1.165, 1.54) is 0 Å². The Kier molecular flexibility index (Phi) is 18.1. The number of phosphoric ester groups is 2. The summed E-state index contributed by atoms with van der Waals surface area (Å²) < 4.78 is 56.3. The molecule has 17 nitrogen and oxygen atoms in total. The highest BCUT2D eigenvalue weighted by Gasteiger charge is 2.22. The smallest absolute Gasteiger partial charge is 0.370 e. The molecule has 0 heterocycles. The lowest BCUT2D eigenvalue weighted by atomic mass is 10.2. The lowest BCUT2D eigenvalue weighted by Gasteiger charge is -2.20. The van der Waals surface area contributed by atoms with Crippen molar-refractivity contribution in [3.63, 3.8) is 0 Å². The van der Waals surface area contributed by atoms with Gasteiger partial charge in [0.15, 0.2) is 13.6 Å². The van der Waals surface area contributed by atoms with Gasteiger partial charge in [0.1, 0.15) is 6.10 Å². The largest absolute Gasteiger partial charge is 0.474 e. The van der Waals surface area contributed by atoms with Gasteiger partial charge in [-0.1, -0.05) is 0 Å². The molecule has 0 saturated heterocycles. The predicted molar refractivity (Wildman–Crippen MR) is 122 cm³/mol. The van der Waals surface area contributed by atoms with Crippen LogP contribution in [0.15, 0.2) is 0 Å². The minimum Gasteiger partial charge on any atom is -0.370 e. The molecule has 3 atom stereocenters. The first-order chi connectivity index (χ1) is 16.7. The SMILES string of the molecule is CP(=O)(O)OC(CNC(=O)CCCCOP(=O)(O)OCO)CNC(=O)CCCCOP(=O)(O)OCO. The number of unbranched alkanes of at least 4 members (excludes halogenated alkanes) is 2. The fourth-order valence-corrected chi connectivity index (χ4v) is 4.27. The maximum absolute atomic E-state index is 12.0. The van der Waals surface area contributed by atoms with Crippen LogP contribution in [0, 0.1) is 0 Å². The number of aliphatic hydroxyl groups is 2. The van der Waals surface area contributed by atoms with Crippen LogP contribution in [0.5, 0.6) is 0 Å². The molecule has 0 radical (unpaired) electrons. The summed E-state index contributed by atoms with van der Waals surface area (Å²) in [6, 6.07) is 0. The number of rotatable bonds is 22. The summed E-state index contributed by atoms with van der Waals surface area (Å²) in [5, 5.41) is 21.9. The summed E-state index contributed by atoms with van der Waals surface area (Å²) in [4.78, 5) is 51.6. The van der Waals surface area contributed by atoms with Crippen molar-refractivity contribution in [2.24, 2.45) is 0 Å². The molecule has 7 N–H and O–H groups in total. The molecule has 0 spiro atoms. The van der Waals surface area contributed by atoms with Crippen molar-refractivity contribution in [1.82, 2.24) is 10.6 Å². The van der Waals surface area contributed by atoms with E-state index in [0.29, 0.717) is 0 Å². The molecule has 3 unspecified atom stereocenters. The summed E-state index contributed by atoms with van der Waals surface area (Å²) in [6.07, 6.45) is 0.0273. The van der Waals surface area contributed by atoms with Gasteiger partial charge in [-0.2, -0.15) is 0 Å². The number of hydrogen-bond acceptors (Lipinski definition) is 12. The topological polar surface area (TPSA) is 257 Å². The monoisotopic (exact) mass is 588 g/mol. The van der Waals surface area contributed by atoms with Crippen LogP contribution in [0.2, 0.25) is 0 Å². The van der Waals surface area contributed by atoms with Gasteiger partial charge in [0.25, 0.3) is 0 Å². The third-order valence-corrected chi connectivity index (χ3v) is 6.54. The Labute approximate surface area is 208 Å². The van der Waals surface area contributed by atoms with E-state index in [-0.39, 0.29) is 64.8 Å². The van der Waals surface area contributed by atoms with E-state index in [1.807, 2.05) is 0 Å². The number of phosphoric acid groups is 2. The molecule has 0 aliphatic heterocycles. The number of carbonyl (C=O) groups excluding carboxylic acids is 2. The zero-order valence-corrected chi connectivity index (χ0v) is 22.4. The molecular formula is C16H35N2O15P3. The molecule has 0 aliphatic carbocycles. The standard InChI is InChI=1S/C16H35N2O15P3/c1-34(23,24)33-14(10-17-15(21)6-2-4-8-29-35(25,26)31-12-19)11-18-16(22)7-3-5-9-30-36(27,28)32-13-20/h14,19-20H,2-13H2,1H3,(H,17,21)(H,18,22)(H,23,24)(H,25,26)(H,27,28). The molecule has 2 amide bonds. The molecule has 36 heavy (non-hydrogen) atoms. The van der Waals surface area contributed by atoms with Gasteiger partial charge in [-0.25, -0.2) is 9.13 Å². The van der Waals surface area contributed by atoms with Gasteiger partial charge in [-0.15, -0.1) is 0 Å². The zero-order chi connectivity index (χ0) is 27.7. The van der Waals surface area contributed by atoms with Crippen molar-refractivity contribution in [3.05, 3.63) is 0 Å². The van der Waals surface area contributed by atoms with E-state index in [1.54, 1.807) is 0 Å². The normalized spacial score (nSPS) is 17.4. The molecule has 0 fully saturated rings. The number of amides is 2. The molecule has 214 valence electrons. The van der Waals surface area contributed by atoms with Crippen LogP contribution in [-0.4, -0.2) is 89.4 Å². The Morgan fingerprint density at radius 3 is 1.44 bits per heavy atom. The van der Waals surface area contributed by atoms with Gasteiger partial charge in [0.05, 0.1) is 13.2 Å². The van der Waals surface area contributed by atoms with E-state index in [4.69, 9.17) is 24.5 Å². The average molecular weight is 588 g/mol. The van der Waals surface area contributed by atoms with Gasteiger partial charge in [-0.3, -0.25) is 32.2 Å². The minimum atomic E-state index is -4.33. The first kappa shape index (κ1) is 35.2. The Morgan fingerprint density at radius 1 is 0.722 bits per heavy atom. The fraction of sp³-hybridized carbons (Fsp3) is 0.875. The zero-order valence-electron chi connectivity index (χ0n) is 19.7. The van der Waals surface area contributed by atoms with Crippen molar-refractivity contribution in [3.8, 4) is 0 Å². The second kappa shape index (κ2) is 18.5. The van der Waals surface area contributed by atoms with Crippen LogP contribution >= 0.6 is 23.2 Å². The van der Waals surface area contributed by atoms with Crippen LogP contribution in [0.25, 0.3) is 0 Å². The van der Waals surface area contributed by atoms with Crippen LogP contribution in [0.3, 0.4) is 0 Å². The first-order valence-electron chi connectivity index (χ1n) is 10.7. The maximum atomic E-state index is 12.0. The summed E-state index contributed by atoms with van der Waals surface area (Å²) in [7, 11) is -12.6. The number of hydrogen-bond donors (Lipinski definition) is 7. The molecule has 0 aromatic rings. The van der Waals surface area contributed by atoms with Crippen LogP contribution in [0.1, 0.15) is 38.5 Å². The van der Waals surface area contributed by atoms with E-state index >= 15 is 0 Å². The minimum absolute atomic E-state index is 0.00806. The fourth-order valence-electron chi connectivity index (χ4n) is 2.41. The second-order valence-corrected chi connectivity index (χ2v) is 11.9. The molecule has 0 saturated carbocycles. The van der Waals surface area contributed by atoms with E-state index < -0.39 is 54.7 Å². The Morgan fingerprint density at radius 2 is 1.11 bits per heavy atom. The highest BCUT2D eigenvalue weighted by atomic mass is 31.2. The van der Waals surface area contributed by atoms with Gasteiger partial charge in [0, 0.05) is 32.6 Å². The Bertz CT molecular complexity index is 741. The first-order valence-corrected chi connectivity index (χ1v) is 15.7. The molecular weight excluding hydrogens is 553 g/mol. The number of nitrogens with one attached hydrogen (secondary N) is 2. The molecule has 20 heteroatoms.